The number of carbonyl (C=O) groups is 2. The zero-order chi connectivity index (χ0) is 22.7. The molecule has 0 spiro atoms. The van der Waals surface area contributed by atoms with E-state index in [0.717, 1.165) is 6.42 Å². The van der Waals surface area contributed by atoms with Gasteiger partial charge < -0.3 is 9.47 Å². The molecule has 162 valence electrons. The molecular formula is C22H20Cl2N2O4S. The Morgan fingerprint density at radius 1 is 1.19 bits per heavy atom. The van der Waals surface area contributed by atoms with Crippen LogP contribution in [0.25, 0.3) is 6.08 Å². The van der Waals surface area contributed by atoms with Crippen LogP contribution < -0.4 is 19.7 Å². The van der Waals surface area contributed by atoms with E-state index in [1.54, 1.807) is 36.4 Å². The van der Waals surface area contributed by atoms with Gasteiger partial charge in [-0.3, -0.25) is 19.8 Å². The van der Waals surface area contributed by atoms with Crippen LogP contribution in [0.4, 0.5) is 5.69 Å². The van der Waals surface area contributed by atoms with E-state index in [1.807, 2.05) is 13.8 Å². The monoisotopic (exact) mass is 478 g/mol. The Hall–Kier alpha value is -2.61. The molecule has 2 amide bonds. The lowest BCUT2D eigenvalue weighted by atomic mass is 10.1. The first-order valence-electron chi connectivity index (χ1n) is 9.46. The molecule has 6 nitrogen and oxygen atoms in total. The molecule has 0 aromatic heterocycles. The highest BCUT2D eigenvalue weighted by Crippen LogP contribution is 2.38. The molecule has 0 radical (unpaired) electrons. The average Bonchev–Trinajstić information content (AvgIpc) is 2.73. The zero-order valence-corrected chi connectivity index (χ0v) is 19.4. The van der Waals surface area contributed by atoms with E-state index < -0.39 is 11.8 Å². The highest BCUT2D eigenvalue weighted by molar-refractivity contribution is 7.80. The summed E-state index contributed by atoms with van der Waals surface area (Å²) < 4.78 is 11.2. The fourth-order valence-corrected chi connectivity index (χ4v) is 3.54. The number of anilines is 1. The first-order valence-corrected chi connectivity index (χ1v) is 10.6. The molecule has 1 N–H and O–H groups in total. The highest BCUT2D eigenvalue weighted by atomic mass is 35.5. The van der Waals surface area contributed by atoms with Gasteiger partial charge in [-0.1, -0.05) is 30.1 Å². The molecule has 1 fully saturated rings. The Bertz CT molecular complexity index is 1070. The van der Waals surface area contributed by atoms with Crippen molar-refractivity contribution in [2.45, 2.75) is 26.4 Å². The summed E-state index contributed by atoms with van der Waals surface area (Å²) in [6, 6.07) is 9.80. The van der Waals surface area contributed by atoms with Gasteiger partial charge >= 0.3 is 0 Å². The lowest BCUT2D eigenvalue weighted by Gasteiger charge is -2.29. The van der Waals surface area contributed by atoms with E-state index in [2.05, 4.69) is 5.32 Å². The Morgan fingerprint density at radius 2 is 1.87 bits per heavy atom. The number of nitrogens with zero attached hydrogens (tertiary/aromatic N) is 1. The second-order valence-corrected chi connectivity index (χ2v) is 8.04. The van der Waals surface area contributed by atoms with Crippen LogP contribution >= 0.6 is 35.4 Å². The van der Waals surface area contributed by atoms with Crippen molar-refractivity contribution in [2.75, 3.05) is 12.0 Å². The number of halogens is 2. The van der Waals surface area contributed by atoms with Gasteiger partial charge in [-0.05, 0) is 73.6 Å². The van der Waals surface area contributed by atoms with Gasteiger partial charge in [-0.15, -0.1) is 0 Å². The van der Waals surface area contributed by atoms with Crippen molar-refractivity contribution in [1.29, 1.82) is 0 Å². The molecule has 31 heavy (non-hydrogen) atoms. The third-order valence-electron chi connectivity index (χ3n) is 4.64. The van der Waals surface area contributed by atoms with Crippen LogP contribution in [-0.2, 0) is 9.59 Å². The van der Waals surface area contributed by atoms with Gasteiger partial charge in [-0.2, -0.15) is 0 Å². The smallest absolute Gasteiger partial charge is 0.270 e. The number of hydrogen-bond donors (Lipinski definition) is 1. The summed E-state index contributed by atoms with van der Waals surface area (Å²) in [6.07, 6.45) is 2.17. The normalized spacial score (nSPS) is 16.4. The Kier molecular flexibility index (Phi) is 7.20. The second-order valence-electron chi connectivity index (χ2n) is 6.81. The minimum atomic E-state index is -0.602. The predicted octanol–water partition coefficient (Wildman–Crippen LogP) is 5.01. The summed E-state index contributed by atoms with van der Waals surface area (Å²) in [6.45, 7) is 3.92. The van der Waals surface area contributed by atoms with Crippen LogP contribution in [0.3, 0.4) is 0 Å². The average molecular weight is 479 g/mol. The van der Waals surface area contributed by atoms with Crippen molar-refractivity contribution in [2.24, 2.45) is 0 Å². The molecule has 0 saturated carbocycles. The third kappa shape index (κ3) is 5.01. The Balaban J connectivity index is 2.00. The number of ether oxygens (including phenoxy) is 2. The van der Waals surface area contributed by atoms with Crippen LogP contribution in [0.1, 0.15) is 25.8 Å². The lowest BCUT2D eigenvalue weighted by Crippen LogP contribution is -2.54. The van der Waals surface area contributed by atoms with E-state index >= 15 is 0 Å². The van der Waals surface area contributed by atoms with E-state index in [-0.39, 0.29) is 16.8 Å². The van der Waals surface area contributed by atoms with Crippen LogP contribution in [0.15, 0.2) is 42.0 Å². The number of hydrogen-bond acceptors (Lipinski definition) is 5. The highest BCUT2D eigenvalue weighted by Gasteiger charge is 2.34. The van der Waals surface area contributed by atoms with Crippen molar-refractivity contribution < 1.29 is 19.1 Å². The van der Waals surface area contributed by atoms with Gasteiger partial charge in [0.2, 0.25) is 0 Å². The molecule has 2 aromatic carbocycles. The van der Waals surface area contributed by atoms with Crippen molar-refractivity contribution in [1.82, 2.24) is 5.32 Å². The van der Waals surface area contributed by atoms with Gasteiger partial charge in [0, 0.05) is 5.02 Å². The molecule has 0 bridgehead atoms. The standard InChI is InChI=1S/C22H20Cl2N2O4S/c1-4-12(2)30-19-17(24)10-13(11-18(19)29-3)9-16-20(27)25-22(31)26(21(16)28)15-7-5-14(23)6-8-15/h5-12H,4H2,1-3H3,(H,25,27,31). The number of benzene rings is 2. The molecule has 3 rings (SSSR count). The summed E-state index contributed by atoms with van der Waals surface area (Å²) in [7, 11) is 1.49. The number of carbonyl (C=O) groups excluding carboxylic acids is 2. The lowest BCUT2D eigenvalue weighted by molar-refractivity contribution is -0.122. The van der Waals surface area contributed by atoms with E-state index in [4.69, 9.17) is 44.9 Å². The maximum Gasteiger partial charge on any atom is 0.270 e. The minimum Gasteiger partial charge on any atom is -0.493 e. The largest absolute Gasteiger partial charge is 0.493 e. The topological polar surface area (TPSA) is 67.9 Å². The SMILES string of the molecule is CCC(C)Oc1c(Cl)cc(C=C2C(=O)NC(=S)N(c3ccc(Cl)cc3)C2=O)cc1OC. The van der Waals surface area contributed by atoms with E-state index in [1.165, 1.54) is 18.1 Å². The fourth-order valence-electron chi connectivity index (χ4n) is 2.87. The second kappa shape index (κ2) is 9.68. The van der Waals surface area contributed by atoms with Crippen LogP contribution in [0.5, 0.6) is 11.5 Å². The van der Waals surface area contributed by atoms with Crippen LogP contribution in [0.2, 0.25) is 10.0 Å². The van der Waals surface area contributed by atoms with Crippen LogP contribution in [-0.4, -0.2) is 30.1 Å². The summed E-state index contributed by atoms with van der Waals surface area (Å²) in [5, 5.41) is 3.35. The molecule has 1 aliphatic heterocycles. The van der Waals surface area contributed by atoms with Gasteiger partial charge in [0.25, 0.3) is 11.8 Å². The number of amides is 2. The Morgan fingerprint density at radius 3 is 2.48 bits per heavy atom. The maximum atomic E-state index is 13.1. The third-order valence-corrected chi connectivity index (χ3v) is 5.46. The minimum absolute atomic E-state index is 0.0117. The molecule has 1 atom stereocenters. The molecule has 1 unspecified atom stereocenters. The predicted molar refractivity (Wildman–Crippen MR) is 126 cm³/mol. The molecular weight excluding hydrogens is 459 g/mol. The van der Waals surface area contributed by atoms with Gasteiger partial charge in [0.05, 0.1) is 23.9 Å². The summed E-state index contributed by atoms with van der Waals surface area (Å²) in [5.41, 5.74) is 0.885. The van der Waals surface area contributed by atoms with E-state index in [0.29, 0.717) is 32.8 Å². The van der Waals surface area contributed by atoms with E-state index in [9.17, 15) is 9.59 Å². The molecule has 1 heterocycles. The maximum absolute atomic E-state index is 13.1. The number of rotatable bonds is 6. The quantitative estimate of drug-likeness (QED) is 0.359. The van der Waals surface area contributed by atoms with Gasteiger partial charge in [-0.25, -0.2) is 0 Å². The van der Waals surface area contributed by atoms with Crippen molar-refractivity contribution >= 4 is 64.1 Å². The van der Waals surface area contributed by atoms with Crippen LogP contribution in [0, 0.1) is 0 Å². The van der Waals surface area contributed by atoms with Gasteiger partial charge in [0.15, 0.2) is 16.6 Å². The van der Waals surface area contributed by atoms with Crippen molar-refractivity contribution in [3.8, 4) is 11.5 Å². The first-order chi connectivity index (χ1) is 14.7. The summed E-state index contributed by atoms with van der Waals surface area (Å²) in [4.78, 5) is 26.9. The fraction of sp³-hybridized carbons (Fsp3) is 0.227. The first kappa shape index (κ1) is 23.1. The molecule has 2 aromatic rings. The van der Waals surface area contributed by atoms with Crippen molar-refractivity contribution in [3.63, 3.8) is 0 Å². The number of methoxy groups -OCH3 is 1. The number of nitrogens with one attached hydrogen (secondary N) is 1. The molecule has 0 aliphatic carbocycles. The Labute approximate surface area is 195 Å². The number of thiocarbonyl (C=S) groups is 1. The van der Waals surface area contributed by atoms with Crippen molar-refractivity contribution in [3.05, 3.63) is 57.6 Å². The molecule has 1 aliphatic rings. The summed E-state index contributed by atoms with van der Waals surface area (Å²) in [5.74, 6) is -0.362. The zero-order valence-electron chi connectivity index (χ0n) is 17.1. The summed E-state index contributed by atoms with van der Waals surface area (Å²) >= 11 is 17.5. The molecule has 9 heteroatoms. The molecule has 1 saturated heterocycles. The van der Waals surface area contributed by atoms with Gasteiger partial charge in [0.1, 0.15) is 5.57 Å².